The van der Waals surface area contributed by atoms with Crippen LogP contribution in [0.1, 0.15) is 33.3 Å². The summed E-state index contributed by atoms with van der Waals surface area (Å²) in [6.07, 6.45) is 1.86. The van der Waals surface area contributed by atoms with Crippen molar-refractivity contribution in [3.8, 4) is 0 Å². The van der Waals surface area contributed by atoms with E-state index >= 15 is 0 Å². The van der Waals surface area contributed by atoms with Gasteiger partial charge in [0.05, 0.1) is 5.52 Å². The van der Waals surface area contributed by atoms with Gasteiger partial charge in [-0.3, -0.25) is 4.98 Å². The number of aromatic nitrogens is 1. The Labute approximate surface area is 129 Å². The summed E-state index contributed by atoms with van der Waals surface area (Å²) in [6, 6.07) is 8.94. The van der Waals surface area contributed by atoms with Crippen molar-refractivity contribution in [1.29, 1.82) is 0 Å². The SMILES string of the molecule is CC1(C)C(NCc2ccc(Br)c3cccnc23)C1(C)C. The van der Waals surface area contributed by atoms with Crippen LogP contribution in [0.25, 0.3) is 10.9 Å². The lowest BCUT2D eigenvalue weighted by Gasteiger charge is -2.10. The molecule has 3 rings (SSSR count). The smallest absolute Gasteiger partial charge is 0.0758 e. The minimum absolute atomic E-state index is 0.367. The summed E-state index contributed by atoms with van der Waals surface area (Å²) in [7, 11) is 0. The van der Waals surface area contributed by atoms with Crippen molar-refractivity contribution < 1.29 is 0 Å². The molecular formula is C17H21BrN2. The molecule has 1 aromatic carbocycles. The number of hydrogen-bond acceptors (Lipinski definition) is 2. The highest BCUT2D eigenvalue weighted by Crippen LogP contribution is 2.62. The Bertz CT molecular complexity index is 647. The Kier molecular flexibility index (Phi) is 3.18. The number of rotatable bonds is 3. The fraction of sp³-hybridized carbons (Fsp3) is 0.471. The standard InChI is InChI=1S/C17H21BrN2/c1-16(2)15(17(16,3)4)20-10-11-7-8-13(18)12-6-5-9-19-14(11)12/h5-9,15,20H,10H2,1-4H3. The van der Waals surface area contributed by atoms with E-state index in [1.165, 1.54) is 10.9 Å². The molecule has 0 bridgehead atoms. The molecule has 1 fully saturated rings. The van der Waals surface area contributed by atoms with E-state index in [2.05, 4.69) is 72.1 Å². The fourth-order valence-corrected chi connectivity index (χ4v) is 3.71. The highest BCUT2D eigenvalue weighted by molar-refractivity contribution is 9.10. The van der Waals surface area contributed by atoms with Crippen LogP contribution in [0, 0.1) is 10.8 Å². The Morgan fingerprint density at radius 3 is 2.50 bits per heavy atom. The van der Waals surface area contributed by atoms with Gasteiger partial charge in [0.1, 0.15) is 0 Å². The monoisotopic (exact) mass is 332 g/mol. The van der Waals surface area contributed by atoms with Gasteiger partial charge in [-0.1, -0.05) is 55.8 Å². The predicted octanol–water partition coefficient (Wildman–Crippen LogP) is 4.52. The summed E-state index contributed by atoms with van der Waals surface area (Å²) < 4.78 is 1.11. The number of pyridine rings is 1. The van der Waals surface area contributed by atoms with Gasteiger partial charge in [0.25, 0.3) is 0 Å². The summed E-state index contributed by atoms with van der Waals surface area (Å²) in [5.41, 5.74) is 3.09. The predicted molar refractivity (Wildman–Crippen MR) is 87.6 cm³/mol. The largest absolute Gasteiger partial charge is 0.309 e. The van der Waals surface area contributed by atoms with Gasteiger partial charge in [-0.25, -0.2) is 0 Å². The molecule has 0 radical (unpaired) electrons. The van der Waals surface area contributed by atoms with Crippen molar-refractivity contribution in [1.82, 2.24) is 10.3 Å². The molecule has 0 unspecified atom stereocenters. The van der Waals surface area contributed by atoms with Crippen molar-refractivity contribution in [3.05, 3.63) is 40.5 Å². The van der Waals surface area contributed by atoms with Gasteiger partial charge in [0.15, 0.2) is 0 Å². The van der Waals surface area contributed by atoms with Gasteiger partial charge < -0.3 is 5.32 Å². The molecule has 1 heterocycles. The van der Waals surface area contributed by atoms with Crippen molar-refractivity contribution in [2.24, 2.45) is 10.8 Å². The molecule has 20 heavy (non-hydrogen) atoms. The second-order valence-corrected chi connectivity index (χ2v) is 7.72. The molecule has 1 N–H and O–H groups in total. The molecule has 1 aliphatic rings. The van der Waals surface area contributed by atoms with Crippen LogP contribution in [0.2, 0.25) is 0 Å². The summed E-state index contributed by atoms with van der Waals surface area (Å²) in [5, 5.41) is 4.89. The topological polar surface area (TPSA) is 24.9 Å². The fourth-order valence-electron chi connectivity index (χ4n) is 3.26. The first kappa shape index (κ1) is 14.0. The average molecular weight is 333 g/mol. The summed E-state index contributed by atoms with van der Waals surface area (Å²) in [4.78, 5) is 4.54. The molecule has 0 atom stereocenters. The van der Waals surface area contributed by atoms with Crippen molar-refractivity contribution >= 4 is 26.8 Å². The van der Waals surface area contributed by atoms with E-state index in [1.807, 2.05) is 12.3 Å². The van der Waals surface area contributed by atoms with Crippen LogP contribution in [-0.4, -0.2) is 11.0 Å². The second-order valence-electron chi connectivity index (χ2n) is 6.86. The first-order valence-corrected chi connectivity index (χ1v) is 7.90. The van der Waals surface area contributed by atoms with Crippen LogP contribution in [0.15, 0.2) is 34.9 Å². The first-order chi connectivity index (χ1) is 9.35. The van der Waals surface area contributed by atoms with E-state index in [-0.39, 0.29) is 0 Å². The lowest BCUT2D eigenvalue weighted by Crippen LogP contribution is -2.21. The van der Waals surface area contributed by atoms with Crippen LogP contribution in [0.5, 0.6) is 0 Å². The normalized spacial score (nSPS) is 20.2. The average Bonchev–Trinajstić information content (AvgIpc) is 2.80. The van der Waals surface area contributed by atoms with Crippen molar-refractivity contribution in [3.63, 3.8) is 0 Å². The summed E-state index contributed by atoms with van der Waals surface area (Å²) in [6.45, 7) is 10.2. The van der Waals surface area contributed by atoms with Crippen LogP contribution >= 0.6 is 15.9 Å². The number of benzene rings is 1. The molecule has 1 aromatic heterocycles. The van der Waals surface area contributed by atoms with Gasteiger partial charge in [0.2, 0.25) is 0 Å². The molecule has 3 heteroatoms. The molecule has 0 aliphatic heterocycles. The number of fused-ring (bicyclic) bond motifs is 1. The highest BCUT2D eigenvalue weighted by atomic mass is 79.9. The first-order valence-electron chi connectivity index (χ1n) is 7.11. The van der Waals surface area contributed by atoms with E-state index in [0.29, 0.717) is 16.9 Å². The Morgan fingerprint density at radius 1 is 1.15 bits per heavy atom. The molecule has 0 amide bonds. The molecule has 2 nitrogen and oxygen atoms in total. The maximum atomic E-state index is 4.54. The molecule has 2 aromatic rings. The Hall–Kier alpha value is -0.930. The van der Waals surface area contributed by atoms with E-state index in [9.17, 15) is 0 Å². The molecule has 0 saturated heterocycles. The lowest BCUT2D eigenvalue weighted by molar-refractivity contribution is 0.457. The number of hydrogen-bond donors (Lipinski definition) is 1. The van der Waals surface area contributed by atoms with Gasteiger partial charge in [-0.15, -0.1) is 0 Å². The van der Waals surface area contributed by atoms with E-state index in [0.717, 1.165) is 16.5 Å². The Morgan fingerprint density at radius 2 is 1.85 bits per heavy atom. The zero-order valence-electron chi connectivity index (χ0n) is 12.5. The maximum Gasteiger partial charge on any atom is 0.0758 e. The molecule has 1 aliphatic carbocycles. The summed E-state index contributed by atoms with van der Waals surface area (Å²) in [5.74, 6) is 0. The quantitative estimate of drug-likeness (QED) is 0.893. The molecule has 1 saturated carbocycles. The van der Waals surface area contributed by atoms with E-state index in [1.54, 1.807) is 0 Å². The highest BCUT2D eigenvalue weighted by Gasteiger charge is 2.64. The van der Waals surface area contributed by atoms with Gasteiger partial charge in [-0.05, 0) is 28.5 Å². The zero-order valence-corrected chi connectivity index (χ0v) is 14.1. The molecular weight excluding hydrogens is 312 g/mol. The van der Waals surface area contributed by atoms with Crippen LogP contribution < -0.4 is 5.32 Å². The third kappa shape index (κ3) is 1.99. The van der Waals surface area contributed by atoms with E-state index in [4.69, 9.17) is 0 Å². The van der Waals surface area contributed by atoms with Crippen molar-refractivity contribution in [2.45, 2.75) is 40.3 Å². The third-order valence-electron chi connectivity index (χ3n) is 5.32. The summed E-state index contributed by atoms with van der Waals surface area (Å²) >= 11 is 3.60. The maximum absolute atomic E-state index is 4.54. The molecule has 0 spiro atoms. The van der Waals surface area contributed by atoms with Crippen molar-refractivity contribution in [2.75, 3.05) is 0 Å². The van der Waals surface area contributed by atoms with Gasteiger partial charge in [-0.2, -0.15) is 0 Å². The Balaban J connectivity index is 1.85. The van der Waals surface area contributed by atoms with Gasteiger partial charge in [0, 0.05) is 28.6 Å². The minimum Gasteiger partial charge on any atom is -0.309 e. The number of nitrogens with zero attached hydrogens (tertiary/aromatic N) is 1. The van der Waals surface area contributed by atoms with E-state index < -0.39 is 0 Å². The zero-order chi connectivity index (χ0) is 14.5. The molecule has 106 valence electrons. The lowest BCUT2D eigenvalue weighted by atomic mass is 10.0. The second kappa shape index (κ2) is 4.54. The minimum atomic E-state index is 0.367. The number of nitrogens with one attached hydrogen (secondary N) is 1. The number of halogens is 1. The third-order valence-corrected chi connectivity index (χ3v) is 6.01. The van der Waals surface area contributed by atoms with Gasteiger partial charge >= 0.3 is 0 Å². The van der Waals surface area contributed by atoms with Crippen LogP contribution in [0.4, 0.5) is 0 Å². The van der Waals surface area contributed by atoms with Crippen LogP contribution in [0.3, 0.4) is 0 Å². The van der Waals surface area contributed by atoms with Crippen LogP contribution in [-0.2, 0) is 6.54 Å².